The molecule has 1 aliphatic rings. The quantitative estimate of drug-likeness (QED) is 0.833. The van der Waals surface area contributed by atoms with Crippen molar-refractivity contribution in [3.8, 4) is 11.5 Å². The van der Waals surface area contributed by atoms with Crippen LogP contribution in [0.25, 0.3) is 0 Å². The van der Waals surface area contributed by atoms with Crippen LogP contribution in [0.5, 0.6) is 11.5 Å². The number of rotatable bonds is 5. The van der Waals surface area contributed by atoms with Crippen LogP contribution in [0.2, 0.25) is 0 Å². The lowest BCUT2D eigenvalue weighted by Gasteiger charge is -2.18. The highest BCUT2D eigenvalue weighted by molar-refractivity contribution is 6.14. The molecule has 0 amide bonds. The van der Waals surface area contributed by atoms with Crippen molar-refractivity contribution >= 4 is 11.8 Å². The molecular formula is C21H22O5. The minimum Gasteiger partial charge on any atom is -0.496 e. The summed E-state index contributed by atoms with van der Waals surface area (Å²) in [6, 6.07) is 5.71. The number of carbonyl (C=O) groups is 2. The number of benzene rings is 2. The van der Waals surface area contributed by atoms with Gasteiger partial charge in [-0.05, 0) is 43.5 Å². The fourth-order valence-corrected chi connectivity index (χ4v) is 3.78. The van der Waals surface area contributed by atoms with Gasteiger partial charge in [-0.25, -0.2) is 0 Å². The number of carboxylic acids is 1. The number of hydrogen-bond acceptors (Lipinski definition) is 4. The van der Waals surface area contributed by atoms with Gasteiger partial charge in [0.25, 0.3) is 0 Å². The Bertz CT molecular complexity index is 888. The maximum Gasteiger partial charge on any atom is 0.307 e. The zero-order valence-corrected chi connectivity index (χ0v) is 15.4. The summed E-state index contributed by atoms with van der Waals surface area (Å²) < 4.78 is 11.2. The molecule has 0 radical (unpaired) electrons. The molecule has 1 aliphatic heterocycles. The van der Waals surface area contributed by atoms with Gasteiger partial charge in [0, 0.05) is 17.5 Å². The molecule has 0 unspecified atom stereocenters. The Balaban J connectivity index is 2.25. The highest BCUT2D eigenvalue weighted by Crippen LogP contribution is 2.41. The summed E-state index contributed by atoms with van der Waals surface area (Å²) in [4.78, 5) is 24.7. The second-order valence-electron chi connectivity index (χ2n) is 6.70. The molecule has 0 aromatic heterocycles. The predicted octanol–water partition coefficient (Wildman–Crippen LogP) is 3.41. The summed E-state index contributed by atoms with van der Waals surface area (Å²) >= 11 is 0. The topological polar surface area (TPSA) is 72.8 Å². The van der Waals surface area contributed by atoms with E-state index in [-0.39, 0.29) is 18.0 Å². The lowest BCUT2D eigenvalue weighted by molar-refractivity contribution is -0.136. The summed E-state index contributed by atoms with van der Waals surface area (Å²) in [5.41, 5.74) is 5.13. The number of aryl methyl sites for hydroxylation is 3. The van der Waals surface area contributed by atoms with E-state index in [0.717, 1.165) is 22.3 Å². The average molecular weight is 354 g/mol. The van der Waals surface area contributed by atoms with Crippen LogP contribution in [0.4, 0.5) is 0 Å². The molecule has 0 atom stereocenters. The van der Waals surface area contributed by atoms with Crippen molar-refractivity contribution < 1.29 is 24.2 Å². The van der Waals surface area contributed by atoms with E-state index < -0.39 is 5.97 Å². The molecule has 1 heterocycles. The van der Waals surface area contributed by atoms with Gasteiger partial charge in [-0.2, -0.15) is 0 Å². The van der Waals surface area contributed by atoms with Gasteiger partial charge in [-0.15, -0.1) is 0 Å². The first-order valence-electron chi connectivity index (χ1n) is 8.53. The fraction of sp³-hybridized carbons (Fsp3) is 0.333. The van der Waals surface area contributed by atoms with Gasteiger partial charge in [-0.1, -0.05) is 17.7 Å². The maximum atomic E-state index is 13.5. The van der Waals surface area contributed by atoms with Crippen LogP contribution in [-0.4, -0.2) is 30.6 Å². The number of ketones is 1. The van der Waals surface area contributed by atoms with Crippen molar-refractivity contribution in [1.82, 2.24) is 0 Å². The molecule has 26 heavy (non-hydrogen) atoms. The first-order chi connectivity index (χ1) is 12.3. The van der Waals surface area contributed by atoms with Gasteiger partial charge in [-0.3, -0.25) is 9.59 Å². The monoisotopic (exact) mass is 354 g/mol. The minimum absolute atomic E-state index is 0.192. The summed E-state index contributed by atoms with van der Waals surface area (Å²) in [6.45, 7) is 6.27. The number of hydrogen-bond donors (Lipinski definition) is 1. The van der Waals surface area contributed by atoms with Crippen molar-refractivity contribution in [2.24, 2.45) is 0 Å². The molecule has 1 N–H and O–H groups in total. The van der Waals surface area contributed by atoms with Gasteiger partial charge >= 0.3 is 5.97 Å². The van der Waals surface area contributed by atoms with Crippen molar-refractivity contribution in [3.05, 3.63) is 57.1 Å². The zero-order valence-electron chi connectivity index (χ0n) is 15.4. The number of ether oxygens (including phenoxy) is 2. The zero-order chi connectivity index (χ0) is 19.0. The van der Waals surface area contributed by atoms with Crippen LogP contribution >= 0.6 is 0 Å². The fourth-order valence-electron chi connectivity index (χ4n) is 3.78. The van der Waals surface area contributed by atoms with E-state index in [1.54, 1.807) is 6.07 Å². The third-order valence-electron chi connectivity index (χ3n) is 4.68. The summed E-state index contributed by atoms with van der Waals surface area (Å²) in [5.74, 6) is -0.358. The van der Waals surface area contributed by atoms with E-state index in [0.29, 0.717) is 35.5 Å². The Kier molecular flexibility index (Phi) is 4.72. The van der Waals surface area contributed by atoms with Gasteiger partial charge in [0.15, 0.2) is 0 Å². The van der Waals surface area contributed by atoms with E-state index in [1.807, 2.05) is 32.9 Å². The van der Waals surface area contributed by atoms with E-state index >= 15 is 0 Å². The second kappa shape index (κ2) is 6.83. The van der Waals surface area contributed by atoms with Crippen LogP contribution in [0, 0.1) is 20.8 Å². The van der Waals surface area contributed by atoms with Crippen LogP contribution in [0.3, 0.4) is 0 Å². The molecule has 0 spiro atoms. The first-order valence-corrected chi connectivity index (χ1v) is 8.53. The Morgan fingerprint density at radius 3 is 2.35 bits per heavy atom. The molecule has 136 valence electrons. The molecule has 5 nitrogen and oxygen atoms in total. The van der Waals surface area contributed by atoms with Crippen molar-refractivity contribution in [1.29, 1.82) is 0 Å². The Morgan fingerprint density at radius 2 is 1.77 bits per heavy atom. The Labute approximate surface area is 152 Å². The van der Waals surface area contributed by atoms with Crippen molar-refractivity contribution in [3.63, 3.8) is 0 Å². The van der Waals surface area contributed by atoms with Crippen LogP contribution in [-0.2, 0) is 17.6 Å². The van der Waals surface area contributed by atoms with E-state index in [2.05, 4.69) is 0 Å². The Hall–Kier alpha value is -2.82. The molecule has 0 saturated carbocycles. The van der Waals surface area contributed by atoms with Gasteiger partial charge in [0.2, 0.25) is 5.78 Å². The Morgan fingerprint density at radius 1 is 1.12 bits per heavy atom. The molecule has 0 fully saturated rings. The molecule has 3 rings (SSSR count). The minimum atomic E-state index is -0.969. The molecule has 5 heteroatoms. The lowest BCUT2D eigenvalue weighted by atomic mass is 9.89. The summed E-state index contributed by atoms with van der Waals surface area (Å²) in [5, 5.41) is 9.23. The number of methoxy groups -OCH3 is 1. The van der Waals surface area contributed by atoms with Gasteiger partial charge < -0.3 is 14.6 Å². The number of aliphatic carboxylic acids is 1. The largest absolute Gasteiger partial charge is 0.496 e. The van der Waals surface area contributed by atoms with E-state index in [4.69, 9.17) is 9.47 Å². The molecule has 2 aromatic carbocycles. The van der Waals surface area contributed by atoms with E-state index in [9.17, 15) is 14.7 Å². The second-order valence-corrected chi connectivity index (χ2v) is 6.70. The normalized spacial score (nSPS) is 12.5. The third kappa shape index (κ3) is 3.05. The maximum absolute atomic E-state index is 13.5. The van der Waals surface area contributed by atoms with Crippen molar-refractivity contribution in [2.45, 2.75) is 33.6 Å². The van der Waals surface area contributed by atoms with Crippen LogP contribution in [0.1, 0.15) is 43.7 Å². The van der Waals surface area contributed by atoms with Gasteiger partial charge in [0.05, 0.1) is 20.1 Å². The third-order valence-corrected chi connectivity index (χ3v) is 4.68. The highest BCUT2D eigenvalue weighted by Gasteiger charge is 2.30. The summed E-state index contributed by atoms with van der Waals surface area (Å²) in [7, 11) is 1.45. The molecular weight excluding hydrogens is 332 g/mol. The lowest BCUT2D eigenvalue weighted by Crippen LogP contribution is -2.13. The summed E-state index contributed by atoms with van der Waals surface area (Å²) in [6.07, 6.45) is 0.445. The van der Waals surface area contributed by atoms with Gasteiger partial charge in [0.1, 0.15) is 17.1 Å². The highest BCUT2D eigenvalue weighted by atomic mass is 16.5. The smallest absolute Gasteiger partial charge is 0.307 e. The SMILES string of the molecule is COc1c(CC(=O)O)cc2c(c1C(=O)c1c(C)cc(C)cc1C)OCC2. The molecule has 2 aromatic rings. The van der Waals surface area contributed by atoms with E-state index in [1.165, 1.54) is 7.11 Å². The number of carboxylic acid groups (broad SMARTS) is 1. The van der Waals surface area contributed by atoms with Crippen LogP contribution in [0.15, 0.2) is 18.2 Å². The predicted molar refractivity (Wildman–Crippen MR) is 97.6 cm³/mol. The standard InChI is InChI=1S/C21H22O5/c1-11-7-12(2)17(13(3)8-11)19(24)18-20(25-4)15(10-16(22)23)9-14-5-6-26-21(14)18/h7-9H,5-6,10H2,1-4H3,(H,22,23). The first kappa shape index (κ1) is 18.0. The average Bonchev–Trinajstić information content (AvgIpc) is 2.99. The molecule has 0 aliphatic carbocycles. The van der Waals surface area contributed by atoms with Crippen LogP contribution < -0.4 is 9.47 Å². The molecule has 0 saturated heterocycles. The molecule has 0 bridgehead atoms. The van der Waals surface area contributed by atoms with Crippen molar-refractivity contribution in [2.75, 3.05) is 13.7 Å². The number of fused-ring (bicyclic) bond motifs is 1. The number of carbonyl (C=O) groups excluding carboxylic acids is 1.